The minimum atomic E-state index is -0.352. The molecule has 3 aromatic rings. The molecule has 0 aliphatic carbocycles. The fourth-order valence-corrected chi connectivity index (χ4v) is 3.98. The van der Waals surface area contributed by atoms with Crippen molar-refractivity contribution in [3.05, 3.63) is 64.2 Å². The SMILES string of the molecule is CSc1ccc(CN2CC(c3nc(-c4ccc(F)c(Br)c4)no3)CC2=O)cc1. The number of likely N-dealkylation sites (tertiary alicyclic amines) is 1. The van der Waals surface area contributed by atoms with Gasteiger partial charge in [-0.1, -0.05) is 17.3 Å². The van der Waals surface area contributed by atoms with Crippen LogP contribution in [0, 0.1) is 5.82 Å². The molecule has 5 nitrogen and oxygen atoms in total. The molecule has 28 heavy (non-hydrogen) atoms. The number of benzene rings is 2. The van der Waals surface area contributed by atoms with Gasteiger partial charge >= 0.3 is 0 Å². The molecule has 1 aliphatic heterocycles. The largest absolute Gasteiger partial charge is 0.339 e. The summed E-state index contributed by atoms with van der Waals surface area (Å²) >= 11 is 4.85. The molecule has 2 aromatic carbocycles. The van der Waals surface area contributed by atoms with Crippen molar-refractivity contribution >= 4 is 33.6 Å². The molecule has 4 rings (SSSR count). The van der Waals surface area contributed by atoms with Gasteiger partial charge in [-0.15, -0.1) is 11.8 Å². The lowest BCUT2D eigenvalue weighted by atomic mass is 10.1. The molecular weight excluding hydrogens is 445 g/mol. The first-order valence-electron chi connectivity index (χ1n) is 8.73. The van der Waals surface area contributed by atoms with E-state index in [9.17, 15) is 9.18 Å². The maximum atomic E-state index is 13.4. The topological polar surface area (TPSA) is 59.2 Å². The van der Waals surface area contributed by atoms with Gasteiger partial charge in [0.15, 0.2) is 0 Å². The number of hydrogen-bond acceptors (Lipinski definition) is 5. The lowest BCUT2D eigenvalue weighted by molar-refractivity contribution is -0.128. The van der Waals surface area contributed by atoms with Crippen LogP contribution in [0.3, 0.4) is 0 Å². The molecule has 1 saturated heterocycles. The molecule has 1 aromatic heterocycles. The van der Waals surface area contributed by atoms with Gasteiger partial charge < -0.3 is 9.42 Å². The number of hydrogen-bond donors (Lipinski definition) is 0. The van der Waals surface area contributed by atoms with E-state index < -0.39 is 0 Å². The molecule has 2 heterocycles. The summed E-state index contributed by atoms with van der Waals surface area (Å²) in [5.41, 5.74) is 1.74. The lowest BCUT2D eigenvalue weighted by Crippen LogP contribution is -2.24. The van der Waals surface area contributed by atoms with Gasteiger partial charge in [-0.05, 0) is 58.1 Å². The van der Waals surface area contributed by atoms with Crippen molar-refractivity contribution in [1.82, 2.24) is 15.0 Å². The van der Waals surface area contributed by atoms with Crippen LogP contribution < -0.4 is 0 Å². The van der Waals surface area contributed by atoms with Gasteiger partial charge in [-0.2, -0.15) is 4.98 Å². The van der Waals surface area contributed by atoms with E-state index in [4.69, 9.17) is 4.52 Å². The normalized spacial score (nSPS) is 16.8. The zero-order valence-corrected chi connectivity index (χ0v) is 17.5. The van der Waals surface area contributed by atoms with Crippen LogP contribution >= 0.6 is 27.7 Å². The summed E-state index contributed by atoms with van der Waals surface area (Å²) in [7, 11) is 0. The van der Waals surface area contributed by atoms with Gasteiger partial charge in [0.25, 0.3) is 0 Å². The molecule has 144 valence electrons. The van der Waals surface area contributed by atoms with E-state index in [0.29, 0.717) is 41.3 Å². The standard InChI is InChI=1S/C20H17BrFN3O2S/c1-28-15-5-2-12(3-6-15)10-25-11-14(9-18(25)26)20-23-19(24-27-20)13-4-7-17(22)16(21)8-13/h2-8,14H,9-11H2,1H3. The van der Waals surface area contributed by atoms with E-state index in [1.165, 1.54) is 11.0 Å². The fraction of sp³-hybridized carbons (Fsp3) is 0.250. The number of halogens is 2. The van der Waals surface area contributed by atoms with Crippen molar-refractivity contribution in [2.45, 2.75) is 23.8 Å². The maximum absolute atomic E-state index is 13.4. The quantitative estimate of drug-likeness (QED) is 0.506. The highest BCUT2D eigenvalue weighted by Crippen LogP contribution is 2.30. The Hall–Kier alpha value is -2.19. The molecule has 1 amide bonds. The van der Waals surface area contributed by atoms with Crippen molar-refractivity contribution in [3.63, 3.8) is 0 Å². The summed E-state index contributed by atoms with van der Waals surface area (Å²) in [5, 5.41) is 3.99. The Morgan fingerprint density at radius 3 is 2.79 bits per heavy atom. The van der Waals surface area contributed by atoms with Crippen LogP contribution in [-0.2, 0) is 11.3 Å². The minimum Gasteiger partial charge on any atom is -0.339 e. The van der Waals surface area contributed by atoms with Crippen LogP contribution in [0.5, 0.6) is 0 Å². The summed E-state index contributed by atoms with van der Waals surface area (Å²) in [5.74, 6) is 0.402. The Balaban J connectivity index is 1.46. The van der Waals surface area contributed by atoms with Gasteiger partial charge in [0.05, 0.1) is 10.4 Å². The number of rotatable bonds is 5. The Kier molecular flexibility index (Phi) is 5.50. The predicted octanol–water partition coefficient (Wildman–Crippen LogP) is 4.88. The van der Waals surface area contributed by atoms with Crippen molar-refractivity contribution < 1.29 is 13.7 Å². The van der Waals surface area contributed by atoms with Crippen LogP contribution in [-0.4, -0.2) is 33.7 Å². The van der Waals surface area contributed by atoms with E-state index in [1.54, 1.807) is 23.9 Å². The summed E-state index contributed by atoms with van der Waals surface area (Å²) < 4.78 is 19.2. The second kappa shape index (κ2) is 8.05. The molecule has 0 N–H and O–H groups in total. The van der Waals surface area contributed by atoms with Crippen LogP contribution in [0.15, 0.2) is 56.4 Å². The van der Waals surface area contributed by atoms with Crippen molar-refractivity contribution in [3.8, 4) is 11.4 Å². The van der Waals surface area contributed by atoms with E-state index in [-0.39, 0.29) is 17.6 Å². The molecule has 0 spiro atoms. The highest BCUT2D eigenvalue weighted by Gasteiger charge is 2.34. The minimum absolute atomic E-state index is 0.0724. The highest BCUT2D eigenvalue weighted by molar-refractivity contribution is 9.10. The molecule has 0 radical (unpaired) electrons. The molecule has 1 atom stereocenters. The molecular formula is C20H17BrFN3O2S. The smallest absolute Gasteiger partial charge is 0.232 e. The molecule has 0 saturated carbocycles. The zero-order valence-electron chi connectivity index (χ0n) is 15.1. The van der Waals surface area contributed by atoms with E-state index in [1.807, 2.05) is 23.3 Å². The van der Waals surface area contributed by atoms with Gasteiger partial charge in [0.1, 0.15) is 5.82 Å². The summed E-state index contributed by atoms with van der Waals surface area (Å²) in [6.07, 6.45) is 2.38. The maximum Gasteiger partial charge on any atom is 0.232 e. The summed E-state index contributed by atoms with van der Waals surface area (Å²) in [4.78, 5) is 19.9. The van der Waals surface area contributed by atoms with Crippen LogP contribution in [0.25, 0.3) is 11.4 Å². The van der Waals surface area contributed by atoms with E-state index >= 15 is 0 Å². The van der Waals surface area contributed by atoms with E-state index in [2.05, 4.69) is 38.2 Å². The number of thioether (sulfide) groups is 1. The molecule has 1 fully saturated rings. The number of carbonyl (C=O) groups is 1. The van der Waals surface area contributed by atoms with Gasteiger partial charge in [0, 0.05) is 30.0 Å². The van der Waals surface area contributed by atoms with Gasteiger partial charge in [-0.3, -0.25) is 4.79 Å². The average Bonchev–Trinajstić information content (AvgIpc) is 3.32. The number of carbonyl (C=O) groups excluding carboxylic acids is 1. The Labute approximate surface area is 174 Å². The van der Waals surface area contributed by atoms with Crippen molar-refractivity contribution in [1.29, 1.82) is 0 Å². The monoisotopic (exact) mass is 461 g/mol. The first-order valence-corrected chi connectivity index (χ1v) is 10.7. The second-order valence-corrected chi connectivity index (χ2v) is 8.34. The predicted molar refractivity (Wildman–Crippen MR) is 108 cm³/mol. The van der Waals surface area contributed by atoms with Crippen LogP contribution in [0.2, 0.25) is 0 Å². The molecule has 1 unspecified atom stereocenters. The first kappa shape index (κ1) is 19.1. The van der Waals surface area contributed by atoms with Gasteiger partial charge in [-0.25, -0.2) is 4.39 Å². The Bertz CT molecular complexity index is 1010. The molecule has 8 heteroatoms. The van der Waals surface area contributed by atoms with Gasteiger partial charge in [0.2, 0.25) is 17.6 Å². The fourth-order valence-electron chi connectivity index (χ4n) is 3.20. The van der Waals surface area contributed by atoms with Crippen LogP contribution in [0.4, 0.5) is 4.39 Å². The average molecular weight is 462 g/mol. The summed E-state index contributed by atoms with van der Waals surface area (Å²) in [6, 6.07) is 12.8. The molecule has 0 bridgehead atoms. The lowest BCUT2D eigenvalue weighted by Gasteiger charge is -2.16. The second-order valence-electron chi connectivity index (χ2n) is 6.61. The van der Waals surface area contributed by atoms with E-state index in [0.717, 1.165) is 5.56 Å². The van der Waals surface area contributed by atoms with Crippen molar-refractivity contribution in [2.24, 2.45) is 0 Å². The zero-order chi connectivity index (χ0) is 19.7. The summed E-state index contributed by atoms with van der Waals surface area (Å²) in [6.45, 7) is 1.10. The third-order valence-corrected chi connectivity index (χ3v) is 6.07. The Morgan fingerprint density at radius 1 is 1.29 bits per heavy atom. The van der Waals surface area contributed by atoms with Crippen LogP contribution in [0.1, 0.15) is 23.8 Å². The molecule has 1 aliphatic rings. The Morgan fingerprint density at radius 2 is 2.07 bits per heavy atom. The third-order valence-electron chi connectivity index (χ3n) is 4.72. The number of nitrogens with zero attached hydrogens (tertiary/aromatic N) is 3. The highest BCUT2D eigenvalue weighted by atomic mass is 79.9. The van der Waals surface area contributed by atoms with Crippen molar-refractivity contribution in [2.75, 3.05) is 12.8 Å². The number of aromatic nitrogens is 2. The number of amides is 1. The first-order chi connectivity index (χ1) is 13.5. The third kappa shape index (κ3) is 3.98.